The number of nitriles is 1. The molecule has 0 saturated carbocycles. The van der Waals surface area contributed by atoms with Crippen molar-refractivity contribution in [3.63, 3.8) is 0 Å². The fourth-order valence-electron chi connectivity index (χ4n) is 1.71. The maximum atomic E-state index is 8.93. The smallest absolute Gasteiger partial charge is 0.145 e. The third kappa shape index (κ3) is 1.22. The SMILES string of the molecule is CCC1(CC)C(N)=NC(Cl)=C1C#N. The van der Waals surface area contributed by atoms with Gasteiger partial charge >= 0.3 is 0 Å². The largest absolute Gasteiger partial charge is 0.386 e. The van der Waals surface area contributed by atoms with E-state index in [0.717, 1.165) is 12.8 Å². The Hall–Kier alpha value is -1.01. The van der Waals surface area contributed by atoms with Gasteiger partial charge in [0, 0.05) is 0 Å². The lowest BCUT2D eigenvalue weighted by molar-refractivity contribution is 0.479. The highest BCUT2D eigenvalue weighted by molar-refractivity contribution is 6.32. The number of aliphatic imine (C=N–C) groups is 1. The zero-order valence-corrected chi connectivity index (χ0v) is 8.52. The monoisotopic (exact) mass is 197 g/mol. The summed E-state index contributed by atoms with van der Waals surface area (Å²) in [5, 5.41) is 9.18. The minimum Gasteiger partial charge on any atom is -0.386 e. The van der Waals surface area contributed by atoms with Gasteiger partial charge in [-0.05, 0) is 12.8 Å². The Morgan fingerprint density at radius 2 is 2.08 bits per heavy atom. The Balaban J connectivity index is 3.24. The minimum atomic E-state index is -0.411. The summed E-state index contributed by atoms with van der Waals surface area (Å²) in [6.45, 7) is 3.97. The lowest BCUT2D eigenvalue weighted by Crippen LogP contribution is -2.35. The lowest BCUT2D eigenvalue weighted by atomic mass is 9.76. The van der Waals surface area contributed by atoms with E-state index in [-0.39, 0.29) is 5.16 Å². The van der Waals surface area contributed by atoms with Crippen LogP contribution in [0, 0.1) is 16.7 Å². The Morgan fingerprint density at radius 3 is 2.38 bits per heavy atom. The zero-order valence-electron chi connectivity index (χ0n) is 7.76. The van der Waals surface area contributed by atoms with Crippen molar-refractivity contribution in [2.45, 2.75) is 26.7 Å². The van der Waals surface area contributed by atoms with Gasteiger partial charge in [0.05, 0.1) is 17.1 Å². The first kappa shape index (κ1) is 10.1. The van der Waals surface area contributed by atoms with Crippen LogP contribution in [0.2, 0.25) is 0 Å². The van der Waals surface area contributed by atoms with Crippen molar-refractivity contribution in [1.29, 1.82) is 5.26 Å². The number of hydrogen-bond donors (Lipinski definition) is 1. The van der Waals surface area contributed by atoms with Crippen molar-refractivity contribution in [1.82, 2.24) is 0 Å². The maximum Gasteiger partial charge on any atom is 0.145 e. The van der Waals surface area contributed by atoms with E-state index >= 15 is 0 Å². The fraction of sp³-hybridized carbons (Fsp3) is 0.556. The molecule has 4 heteroatoms. The number of nitrogens with zero attached hydrogens (tertiary/aromatic N) is 2. The van der Waals surface area contributed by atoms with Crippen LogP contribution in [-0.4, -0.2) is 5.84 Å². The van der Waals surface area contributed by atoms with Crippen LogP contribution in [0.25, 0.3) is 0 Å². The van der Waals surface area contributed by atoms with Crippen LogP contribution < -0.4 is 5.73 Å². The molecule has 0 fully saturated rings. The number of nitrogens with two attached hydrogens (primary N) is 1. The second-order valence-corrected chi connectivity index (χ2v) is 3.42. The molecule has 0 atom stereocenters. The van der Waals surface area contributed by atoms with Gasteiger partial charge in [0.25, 0.3) is 0 Å². The molecule has 1 aliphatic rings. The Labute approximate surface area is 82.9 Å². The van der Waals surface area contributed by atoms with Crippen LogP contribution in [0.4, 0.5) is 0 Å². The normalized spacial score (nSPS) is 20.0. The van der Waals surface area contributed by atoms with Crippen LogP contribution >= 0.6 is 11.6 Å². The van der Waals surface area contributed by atoms with Crippen molar-refractivity contribution in [2.24, 2.45) is 16.1 Å². The molecule has 3 nitrogen and oxygen atoms in total. The van der Waals surface area contributed by atoms with Gasteiger partial charge in [-0.25, -0.2) is 4.99 Å². The van der Waals surface area contributed by atoms with Gasteiger partial charge in [-0.1, -0.05) is 25.4 Å². The number of hydrogen-bond acceptors (Lipinski definition) is 3. The highest BCUT2D eigenvalue weighted by Gasteiger charge is 2.41. The second-order valence-electron chi connectivity index (χ2n) is 3.06. The van der Waals surface area contributed by atoms with E-state index in [1.807, 2.05) is 13.8 Å². The van der Waals surface area contributed by atoms with E-state index in [4.69, 9.17) is 22.6 Å². The van der Waals surface area contributed by atoms with E-state index < -0.39 is 5.41 Å². The van der Waals surface area contributed by atoms with Gasteiger partial charge < -0.3 is 5.73 Å². The fourth-order valence-corrected chi connectivity index (χ4v) is 2.03. The van der Waals surface area contributed by atoms with Gasteiger partial charge in [-0.15, -0.1) is 0 Å². The van der Waals surface area contributed by atoms with Crippen LogP contribution in [-0.2, 0) is 0 Å². The van der Waals surface area contributed by atoms with Crippen LogP contribution in [0.3, 0.4) is 0 Å². The maximum absolute atomic E-state index is 8.93. The summed E-state index contributed by atoms with van der Waals surface area (Å²) in [5.41, 5.74) is 5.86. The third-order valence-electron chi connectivity index (χ3n) is 2.71. The first-order chi connectivity index (χ1) is 6.12. The van der Waals surface area contributed by atoms with E-state index in [1.54, 1.807) is 0 Å². The Bertz CT molecular complexity index is 318. The summed E-state index contributed by atoms with van der Waals surface area (Å²) in [6, 6.07) is 2.09. The molecule has 0 saturated heterocycles. The van der Waals surface area contributed by atoms with E-state index in [0.29, 0.717) is 11.4 Å². The van der Waals surface area contributed by atoms with Crippen LogP contribution in [0.15, 0.2) is 15.7 Å². The van der Waals surface area contributed by atoms with Crippen molar-refractivity contribution < 1.29 is 0 Å². The van der Waals surface area contributed by atoms with E-state index in [2.05, 4.69) is 11.1 Å². The van der Waals surface area contributed by atoms with Gasteiger partial charge in [0.2, 0.25) is 0 Å². The number of amidine groups is 1. The van der Waals surface area contributed by atoms with Crippen LogP contribution in [0.5, 0.6) is 0 Å². The average Bonchev–Trinajstić information content (AvgIpc) is 2.36. The predicted molar refractivity (Wildman–Crippen MR) is 53.1 cm³/mol. The minimum absolute atomic E-state index is 0.253. The summed E-state index contributed by atoms with van der Waals surface area (Å²) in [4.78, 5) is 3.95. The molecule has 0 aliphatic carbocycles. The molecule has 0 amide bonds. The Morgan fingerprint density at radius 1 is 1.54 bits per heavy atom. The highest BCUT2D eigenvalue weighted by atomic mass is 35.5. The molecule has 13 heavy (non-hydrogen) atoms. The summed E-state index contributed by atoms with van der Waals surface area (Å²) >= 11 is 5.80. The predicted octanol–water partition coefficient (Wildman–Crippen LogP) is 2.14. The molecule has 0 bridgehead atoms. The van der Waals surface area contributed by atoms with Crippen molar-refractivity contribution in [2.75, 3.05) is 0 Å². The van der Waals surface area contributed by atoms with Gasteiger partial charge in [-0.2, -0.15) is 5.26 Å². The first-order valence-electron chi connectivity index (χ1n) is 4.27. The molecule has 2 N–H and O–H groups in total. The highest BCUT2D eigenvalue weighted by Crippen LogP contribution is 2.42. The molecule has 0 aromatic carbocycles. The molecule has 1 rings (SSSR count). The van der Waals surface area contributed by atoms with Gasteiger partial charge in [0.15, 0.2) is 0 Å². The molecule has 0 spiro atoms. The quantitative estimate of drug-likeness (QED) is 0.690. The zero-order chi connectivity index (χ0) is 10.1. The standard InChI is InChI=1S/C9H12ClN3/c1-3-9(4-2)6(5-11)7(10)13-8(9)12/h3-4H2,1-2H3,(H2,12,13). The van der Waals surface area contributed by atoms with Crippen molar-refractivity contribution in [3.05, 3.63) is 10.7 Å². The number of rotatable bonds is 2. The molecule has 0 aromatic heterocycles. The first-order valence-corrected chi connectivity index (χ1v) is 4.65. The molecular weight excluding hydrogens is 186 g/mol. The van der Waals surface area contributed by atoms with Gasteiger partial charge in [-0.3, -0.25) is 0 Å². The molecular formula is C9H12ClN3. The molecule has 0 unspecified atom stereocenters. The number of halogens is 1. The van der Waals surface area contributed by atoms with Crippen molar-refractivity contribution >= 4 is 17.4 Å². The summed E-state index contributed by atoms with van der Waals surface area (Å²) in [7, 11) is 0. The molecule has 0 aromatic rings. The molecule has 1 aliphatic heterocycles. The topological polar surface area (TPSA) is 62.2 Å². The van der Waals surface area contributed by atoms with E-state index in [9.17, 15) is 0 Å². The van der Waals surface area contributed by atoms with Gasteiger partial charge in [0.1, 0.15) is 11.0 Å². The summed E-state index contributed by atoms with van der Waals surface area (Å²) in [6.07, 6.45) is 1.52. The molecule has 0 radical (unpaired) electrons. The summed E-state index contributed by atoms with van der Waals surface area (Å²) < 4.78 is 0. The van der Waals surface area contributed by atoms with Crippen molar-refractivity contribution in [3.8, 4) is 6.07 Å². The molecule has 1 heterocycles. The average molecular weight is 198 g/mol. The lowest BCUT2D eigenvalue weighted by Gasteiger charge is -2.25. The summed E-state index contributed by atoms with van der Waals surface area (Å²) in [5.74, 6) is 0.471. The Kier molecular flexibility index (Phi) is 2.63. The van der Waals surface area contributed by atoms with E-state index in [1.165, 1.54) is 0 Å². The van der Waals surface area contributed by atoms with Crippen LogP contribution in [0.1, 0.15) is 26.7 Å². The molecule has 70 valence electrons. The third-order valence-corrected chi connectivity index (χ3v) is 2.99. The second kappa shape index (κ2) is 3.39.